The standard InChI is InChI=1S/C17H27ClN2O/c1-4-19-17(15-6-5-7-16(18)10-15)8-9-20-11-13(2)21-14(3)12-20/h5-7,10,13-14,17,19H,4,8-9,11-12H2,1-3H3/t13-,14+,17?. The molecule has 0 amide bonds. The number of hydrogen-bond acceptors (Lipinski definition) is 3. The van der Waals surface area contributed by atoms with Crippen molar-refractivity contribution < 1.29 is 4.74 Å². The fraction of sp³-hybridized carbons (Fsp3) is 0.647. The van der Waals surface area contributed by atoms with Crippen molar-refractivity contribution in [1.29, 1.82) is 0 Å². The Morgan fingerprint density at radius 1 is 1.33 bits per heavy atom. The van der Waals surface area contributed by atoms with Crippen LogP contribution >= 0.6 is 11.6 Å². The zero-order valence-corrected chi connectivity index (χ0v) is 14.1. The number of halogens is 1. The molecule has 3 atom stereocenters. The third-order valence-corrected chi connectivity index (χ3v) is 4.17. The number of hydrogen-bond donors (Lipinski definition) is 1. The molecular formula is C17H27ClN2O. The third-order valence-electron chi connectivity index (χ3n) is 3.93. The molecule has 2 rings (SSSR count). The lowest BCUT2D eigenvalue weighted by Crippen LogP contribution is -2.46. The highest BCUT2D eigenvalue weighted by atomic mass is 35.5. The molecule has 1 N–H and O–H groups in total. The Kier molecular flexibility index (Phi) is 6.49. The second-order valence-electron chi connectivity index (χ2n) is 5.97. The maximum absolute atomic E-state index is 6.12. The first-order valence-corrected chi connectivity index (χ1v) is 8.33. The van der Waals surface area contributed by atoms with Gasteiger partial charge in [0.25, 0.3) is 0 Å². The van der Waals surface area contributed by atoms with E-state index < -0.39 is 0 Å². The van der Waals surface area contributed by atoms with Crippen LogP contribution < -0.4 is 5.32 Å². The van der Waals surface area contributed by atoms with E-state index in [0.29, 0.717) is 18.2 Å². The Balaban J connectivity index is 1.94. The Bertz CT molecular complexity index is 431. The second-order valence-corrected chi connectivity index (χ2v) is 6.41. The van der Waals surface area contributed by atoms with Gasteiger partial charge in [-0.05, 0) is 44.5 Å². The van der Waals surface area contributed by atoms with Crippen LogP contribution in [-0.4, -0.2) is 43.3 Å². The summed E-state index contributed by atoms with van der Waals surface area (Å²) >= 11 is 6.12. The molecule has 0 radical (unpaired) electrons. The van der Waals surface area contributed by atoms with Crippen molar-refractivity contribution >= 4 is 11.6 Å². The summed E-state index contributed by atoms with van der Waals surface area (Å²) in [7, 11) is 0. The highest BCUT2D eigenvalue weighted by molar-refractivity contribution is 6.30. The van der Waals surface area contributed by atoms with E-state index in [1.54, 1.807) is 0 Å². The highest BCUT2D eigenvalue weighted by Gasteiger charge is 2.22. The van der Waals surface area contributed by atoms with E-state index in [1.165, 1.54) is 5.56 Å². The number of rotatable bonds is 6. The van der Waals surface area contributed by atoms with Gasteiger partial charge in [0.1, 0.15) is 0 Å². The van der Waals surface area contributed by atoms with Crippen molar-refractivity contribution in [2.24, 2.45) is 0 Å². The summed E-state index contributed by atoms with van der Waals surface area (Å²) in [5, 5.41) is 4.38. The number of ether oxygens (including phenoxy) is 1. The molecule has 1 aliphatic rings. The fourth-order valence-electron chi connectivity index (χ4n) is 3.13. The Morgan fingerprint density at radius 3 is 2.67 bits per heavy atom. The van der Waals surface area contributed by atoms with E-state index in [9.17, 15) is 0 Å². The van der Waals surface area contributed by atoms with Crippen LogP contribution in [0.3, 0.4) is 0 Å². The molecule has 0 spiro atoms. The van der Waals surface area contributed by atoms with Crippen molar-refractivity contribution in [3.8, 4) is 0 Å². The molecule has 1 fully saturated rings. The average molecular weight is 311 g/mol. The summed E-state index contributed by atoms with van der Waals surface area (Å²) in [6, 6.07) is 8.55. The maximum Gasteiger partial charge on any atom is 0.0678 e. The number of benzene rings is 1. The summed E-state index contributed by atoms with van der Waals surface area (Å²) < 4.78 is 5.80. The lowest BCUT2D eigenvalue weighted by atomic mass is 10.0. The summed E-state index contributed by atoms with van der Waals surface area (Å²) in [6.45, 7) is 10.6. The molecule has 0 saturated carbocycles. The van der Waals surface area contributed by atoms with Gasteiger partial charge in [0.2, 0.25) is 0 Å². The van der Waals surface area contributed by atoms with Gasteiger partial charge in [0, 0.05) is 30.7 Å². The van der Waals surface area contributed by atoms with Crippen LogP contribution in [0.1, 0.15) is 38.8 Å². The molecule has 1 aromatic rings. The molecule has 21 heavy (non-hydrogen) atoms. The zero-order chi connectivity index (χ0) is 15.2. The summed E-state index contributed by atoms with van der Waals surface area (Å²) in [5.41, 5.74) is 1.28. The van der Waals surface area contributed by atoms with Crippen molar-refractivity contribution in [2.45, 2.75) is 45.4 Å². The monoisotopic (exact) mass is 310 g/mol. The topological polar surface area (TPSA) is 24.5 Å². The molecule has 0 aromatic heterocycles. The van der Waals surface area contributed by atoms with Crippen LogP contribution in [-0.2, 0) is 4.74 Å². The molecule has 0 aliphatic carbocycles. The van der Waals surface area contributed by atoms with E-state index in [-0.39, 0.29) is 0 Å². The number of nitrogens with one attached hydrogen (secondary N) is 1. The fourth-order valence-corrected chi connectivity index (χ4v) is 3.33. The van der Waals surface area contributed by atoms with Crippen LogP contribution in [0.4, 0.5) is 0 Å². The largest absolute Gasteiger partial charge is 0.373 e. The molecule has 3 nitrogen and oxygen atoms in total. The van der Waals surface area contributed by atoms with Gasteiger partial charge >= 0.3 is 0 Å². The third kappa shape index (κ3) is 5.26. The van der Waals surface area contributed by atoms with E-state index in [2.05, 4.69) is 43.1 Å². The summed E-state index contributed by atoms with van der Waals surface area (Å²) in [4.78, 5) is 2.51. The van der Waals surface area contributed by atoms with Gasteiger partial charge in [-0.3, -0.25) is 4.90 Å². The average Bonchev–Trinajstić information content (AvgIpc) is 2.42. The van der Waals surface area contributed by atoms with Crippen LogP contribution in [0.25, 0.3) is 0 Å². The van der Waals surface area contributed by atoms with E-state index in [4.69, 9.17) is 16.3 Å². The molecule has 1 heterocycles. The van der Waals surface area contributed by atoms with Crippen molar-refractivity contribution in [2.75, 3.05) is 26.2 Å². The first-order valence-electron chi connectivity index (χ1n) is 7.95. The van der Waals surface area contributed by atoms with Gasteiger partial charge < -0.3 is 10.1 Å². The van der Waals surface area contributed by atoms with E-state index >= 15 is 0 Å². The molecule has 4 heteroatoms. The summed E-state index contributed by atoms with van der Waals surface area (Å²) in [6.07, 6.45) is 1.75. The first-order chi connectivity index (χ1) is 10.1. The van der Waals surface area contributed by atoms with E-state index in [0.717, 1.165) is 37.6 Å². The van der Waals surface area contributed by atoms with Crippen LogP contribution in [0.2, 0.25) is 5.02 Å². The molecule has 1 saturated heterocycles. The van der Waals surface area contributed by atoms with Gasteiger partial charge in [-0.15, -0.1) is 0 Å². The lowest BCUT2D eigenvalue weighted by Gasteiger charge is -2.36. The SMILES string of the molecule is CCNC(CCN1C[C@@H](C)O[C@@H](C)C1)c1cccc(Cl)c1. The van der Waals surface area contributed by atoms with E-state index in [1.807, 2.05) is 12.1 Å². The van der Waals surface area contributed by atoms with Crippen molar-refractivity contribution in [1.82, 2.24) is 10.2 Å². The van der Waals surface area contributed by atoms with Gasteiger partial charge in [-0.2, -0.15) is 0 Å². The molecule has 0 bridgehead atoms. The van der Waals surface area contributed by atoms with Gasteiger partial charge in [-0.25, -0.2) is 0 Å². The number of morpholine rings is 1. The normalized spacial score (nSPS) is 25.0. The minimum absolute atomic E-state index is 0.331. The van der Waals surface area contributed by atoms with Crippen LogP contribution in [0, 0.1) is 0 Å². The Labute approximate surface area is 133 Å². The Morgan fingerprint density at radius 2 is 2.05 bits per heavy atom. The molecule has 1 unspecified atom stereocenters. The molecular weight excluding hydrogens is 284 g/mol. The zero-order valence-electron chi connectivity index (χ0n) is 13.3. The van der Waals surface area contributed by atoms with Gasteiger partial charge in [0.15, 0.2) is 0 Å². The minimum atomic E-state index is 0.331. The predicted octanol–water partition coefficient (Wildman–Crippen LogP) is 3.49. The first kappa shape index (κ1) is 16.8. The second kappa shape index (κ2) is 8.14. The van der Waals surface area contributed by atoms with Crippen LogP contribution in [0.15, 0.2) is 24.3 Å². The van der Waals surface area contributed by atoms with Gasteiger partial charge in [-0.1, -0.05) is 30.7 Å². The van der Waals surface area contributed by atoms with Crippen LogP contribution in [0.5, 0.6) is 0 Å². The quantitative estimate of drug-likeness (QED) is 0.870. The van der Waals surface area contributed by atoms with Crippen molar-refractivity contribution in [3.05, 3.63) is 34.9 Å². The maximum atomic E-state index is 6.12. The molecule has 1 aromatic carbocycles. The highest BCUT2D eigenvalue weighted by Crippen LogP contribution is 2.21. The molecule has 1 aliphatic heterocycles. The predicted molar refractivity (Wildman–Crippen MR) is 88.9 cm³/mol. The summed E-state index contributed by atoms with van der Waals surface area (Å²) in [5.74, 6) is 0. The Hall–Kier alpha value is -0.610. The lowest BCUT2D eigenvalue weighted by molar-refractivity contribution is -0.0685. The van der Waals surface area contributed by atoms with Crippen molar-refractivity contribution in [3.63, 3.8) is 0 Å². The van der Waals surface area contributed by atoms with Gasteiger partial charge in [0.05, 0.1) is 12.2 Å². The smallest absolute Gasteiger partial charge is 0.0678 e. The molecule has 118 valence electrons. The number of nitrogens with zero attached hydrogens (tertiary/aromatic N) is 1. The minimum Gasteiger partial charge on any atom is -0.373 e.